The van der Waals surface area contributed by atoms with Gasteiger partial charge in [0.25, 0.3) is 5.91 Å². The molecular weight excluding hydrogens is 432 g/mol. The molecule has 0 saturated carbocycles. The Hall–Kier alpha value is -3.81. The van der Waals surface area contributed by atoms with E-state index in [-0.39, 0.29) is 5.91 Å². The highest BCUT2D eigenvalue weighted by Gasteiger charge is 2.21. The molecule has 8 nitrogen and oxygen atoms in total. The quantitative estimate of drug-likeness (QED) is 0.360. The molecule has 4 aromatic rings. The average molecular weight is 463 g/mol. The molecule has 178 valence electrons. The minimum Gasteiger partial charge on any atom is -0.490 e. The van der Waals surface area contributed by atoms with Crippen LogP contribution in [-0.4, -0.2) is 40.5 Å². The van der Waals surface area contributed by atoms with Crippen LogP contribution in [-0.2, 0) is 6.54 Å². The molecule has 2 aromatic carbocycles. The highest BCUT2D eigenvalue weighted by atomic mass is 16.5. The van der Waals surface area contributed by atoms with E-state index in [0.29, 0.717) is 55.0 Å². The molecule has 8 heteroatoms. The first-order valence-corrected chi connectivity index (χ1v) is 11.6. The van der Waals surface area contributed by atoms with Gasteiger partial charge in [0.1, 0.15) is 0 Å². The van der Waals surface area contributed by atoms with Gasteiger partial charge in [-0.25, -0.2) is 9.67 Å². The molecule has 0 aliphatic carbocycles. The van der Waals surface area contributed by atoms with E-state index in [4.69, 9.17) is 19.2 Å². The topological polar surface area (TPSA) is 87.5 Å². The lowest BCUT2D eigenvalue weighted by Gasteiger charge is -2.17. The molecule has 0 saturated heterocycles. The summed E-state index contributed by atoms with van der Waals surface area (Å²) < 4.78 is 19.0. The summed E-state index contributed by atoms with van der Waals surface area (Å²) in [5.41, 5.74) is 3.15. The third-order valence-corrected chi connectivity index (χ3v) is 5.38. The van der Waals surface area contributed by atoms with Crippen molar-refractivity contribution in [2.75, 3.05) is 25.1 Å². The number of benzene rings is 2. The summed E-state index contributed by atoms with van der Waals surface area (Å²) >= 11 is 0. The summed E-state index contributed by atoms with van der Waals surface area (Å²) in [6.45, 7) is 11.6. The van der Waals surface area contributed by atoms with Crippen molar-refractivity contribution in [3.63, 3.8) is 0 Å². The maximum Gasteiger partial charge on any atom is 0.257 e. The molecule has 0 bridgehead atoms. The Morgan fingerprint density at radius 2 is 1.62 bits per heavy atom. The molecule has 1 amide bonds. The second kappa shape index (κ2) is 9.99. The smallest absolute Gasteiger partial charge is 0.257 e. The number of aromatic nitrogens is 3. The van der Waals surface area contributed by atoms with Gasteiger partial charge in [0.2, 0.25) is 5.75 Å². The Labute approximate surface area is 198 Å². The van der Waals surface area contributed by atoms with Crippen molar-refractivity contribution in [3.8, 4) is 17.2 Å². The minimum absolute atomic E-state index is 0.323. The summed E-state index contributed by atoms with van der Waals surface area (Å²) in [5, 5.41) is 9.35. The Morgan fingerprint density at radius 1 is 0.941 bits per heavy atom. The number of hydrogen-bond donors (Lipinski definition) is 1. The zero-order chi connectivity index (χ0) is 24.2. The molecule has 4 rings (SSSR count). The Balaban J connectivity index is 1.76. The lowest BCUT2D eigenvalue weighted by Crippen LogP contribution is -2.14. The van der Waals surface area contributed by atoms with Crippen molar-refractivity contribution >= 4 is 33.7 Å². The number of anilines is 1. The first-order valence-electron chi connectivity index (χ1n) is 11.6. The zero-order valence-electron chi connectivity index (χ0n) is 20.3. The van der Waals surface area contributed by atoms with E-state index < -0.39 is 0 Å². The molecule has 0 atom stereocenters. The maximum absolute atomic E-state index is 13.3. The van der Waals surface area contributed by atoms with Crippen LogP contribution in [0.15, 0.2) is 36.4 Å². The lowest BCUT2D eigenvalue weighted by atomic mass is 10.1. The largest absolute Gasteiger partial charge is 0.490 e. The molecule has 2 heterocycles. The summed E-state index contributed by atoms with van der Waals surface area (Å²) in [6.07, 6.45) is 0. The van der Waals surface area contributed by atoms with Gasteiger partial charge in [0.15, 0.2) is 23.0 Å². The molecule has 0 aliphatic rings. The second-order valence-electron chi connectivity index (χ2n) is 7.77. The summed E-state index contributed by atoms with van der Waals surface area (Å²) in [5.74, 6) is 1.56. The monoisotopic (exact) mass is 462 g/mol. The van der Waals surface area contributed by atoms with Crippen molar-refractivity contribution in [1.29, 1.82) is 0 Å². The molecule has 0 radical (unpaired) electrons. The van der Waals surface area contributed by atoms with E-state index in [2.05, 4.69) is 10.4 Å². The van der Waals surface area contributed by atoms with Crippen LogP contribution in [0.4, 0.5) is 5.82 Å². The SMILES string of the molecule is CCOc1cc(C(=O)Nc2nn(CC)c3nc4cc(C)ccc4cc23)cc(OCC)c1OCC. The number of carbonyl (C=O) groups is 1. The summed E-state index contributed by atoms with van der Waals surface area (Å²) in [6, 6.07) is 11.5. The molecule has 1 N–H and O–H groups in total. The number of hydrogen-bond acceptors (Lipinski definition) is 6. The van der Waals surface area contributed by atoms with Crippen molar-refractivity contribution in [2.45, 2.75) is 41.2 Å². The van der Waals surface area contributed by atoms with E-state index in [9.17, 15) is 4.79 Å². The highest BCUT2D eigenvalue weighted by Crippen LogP contribution is 2.39. The third-order valence-electron chi connectivity index (χ3n) is 5.38. The van der Waals surface area contributed by atoms with Crippen molar-refractivity contribution in [1.82, 2.24) is 14.8 Å². The van der Waals surface area contributed by atoms with Gasteiger partial charge in [-0.15, -0.1) is 0 Å². The van der Waals surface area contributed by atoms with Gasteiger partial charge in [0.05, 0.1) is 30.7 Å². The van der Waals surface area contributed by atoms with E-state index in [1.165, 1.54) is 0 Å². The Kier molecular flexibility index (Phi) is 6.86. The predicted molar refractivity (Wildman–Crippen MR) is 133 cm³/mol. The van der Waals surface area contributed by atoms with E-state index in [1.54, 1.807) is 16.8 Å². The summed E-state index contributed by atoms with van der Waals surface area (Å²) in [7, 11) is 0. The van der Waals surface area contributed by atoms with Gasteiger partial charge in [-0.05, 0) is 64.4 Å². The zero-order valence-corrected chi connectivity index (χ0v) is 20.3. The van der Waals surface area contributed by atoms with Crippen LogP contribution in [0, 0.1) is 6.92 Å². The fourth-order valence-corrected chi connectivity index (χ4v) is 3.87. The number of amides is 1. The Bertz CT molecular complexity index is 1320. The van der Waals surface area contributed by atoms with Gasteiger partial charge in [-0.1, -0.05) is 12.1 Å². The average Bonchev–Trinajstić information content (AvgIpc) is 3.16. The molecule has 0 unspecified atom stereocenters. The number of carbonyl (C=O) groups excluding carboxylic acids is 1. The molecule has 0 fully saturated rings. The number of nitrogens with one attached hydrogen (secondary N) is 1. The summed E-state index contributed by atoms with van der Waals surface area (Å²) in [4.78, 5) is 18.1. The minimum atomic E-state index is -0.323. The highest BCUT2D eigenvalue weighted by molar-refractivity contribution is 6.09. The second-order valence-corrected chi connectivity index (χ2v) is 7.77. The first-order chi connectivity index (χ1) is 16.5. The van der Waals surface area contributed by atoms with Crippen LogP contribution in [0.1, 0.15) is 43.6 Å². The normalized spacial score (nSPS) is 11.1. The number of ether oxygens (including phenoxy) is 3. The van der Waals surface area contributed by atoms with Gasteiger partial charge < -0.3 is 19.5 Å². The van der Waals surface area contributed by atoms with Gasteiger partial charge in [-0.3, -0.25) is 4.79 Å². The standard InChI is InChI=1S/C26H30N4O4/c1-6-30-25-19(13-17-11-10-16(5)12-20(17)27-25)24(29-30)28-26(31)18-14-21(32-7-2)23(34-9-4)22(15-18)33-8-3/h10-15H,6-9H2,1-5H3,(H,28,29,31). The van der Waals surface area contributed by atoms with Crippen molar-refractivity contribution in [3.05, 3.63) is 47.5 Å². The van der Waals surface area contributed by atoms with Gasteiger partial charge >= 0.3 is 0 Å². The van der Waals surface area contributed by atoms with Crippen LogP contribution in [0.3, 0.4) is 0 Å². The van der Waals surface area contributed by atoms with Crippen LogP contribution in [0.25, 0.3) is 21.9 Å². The predicted octanol–water partition coefficient (Wildman–Crippen LogP) is 5.36. The molecule has 0 aliphatic heterocycles. The molecule has 2 aromatic heterocycles. The van der Waals surface area contributed by atoms with Crippen LogP contribution in [0.5, 0.6) is 17.2 Å². The van der Waals surface area contributed by atoms with Gasteiger partial charge in [-0.2, -0.15) is 5.10 Å². The number of rotatable bonds is 9. The van der Waals surface area contributed by atoms with Crippen LogP contribution < -0.4 is 19.5 Å². The number of pyridine rings is 1. The van der Waals surface area contributed by atoms with E-state index in [0.717, 1.165) is 27.5 Å². The Morgan fingerprint density at radius 3 is 2.24 bits per heavy atom. The van der Waals surface area contributed by atoms with Crippen LogP contribution in [0.2, 0.25) is 0 Å². The molecular formula is C26H30N4O4. The van der Waals surface area contributed by atoms with E-state index in [1.807, 2.05) is 58.9 Å². The number of aryl methyl sites for hydroxylation is 2. The van der Waals surface area contributed by atoms with Crippen LogP contribution >= 0.6 is 0 Å². The number of fused-ring (bicyclic) bond motifs is 2. The van der Waals surface area contributed by atoms with Crippen molar-refractivity contribution in [2.24, 2.45) is 0 Å². The van der Waals surface area contributed by atoms with Crippen molar-refractivity contribution < 1.29 is 19.0 Å². The van der Waals surface area contributed by atoms with Gasteiger partial charge in [0, 0.05) is 17.5 Å². The van der Waals surface area contributed by atoms with E-state index >= 15 is 0 Å². The first kappa shape index (κ1) is 23.4. The lowest BCUT2D eigenvalue weighted by molar-refractivity contribution is 0.102. The fraction of sp³-hybridized carbons (Fsp3) is 0.346. The molecule has 0 spiro atoms. The maximum atomic E-state index is 13.3. The molecule has 34 heavy (non-hydrogen) atoms. The number of nitrogens with zero attached hydrogens (tertiary/aromatic N) is 3. The third kappa shape index (κ3) is 4.48. The fourth-order valence-electron chi connectivity index (χ4n) is 3.87.